The first-order chi connectivity index (χ1) is 12.1. The second kappa shape index (κ2) is 6.29. The van der Waals surface area contributed by atoms with Crippen molar-refractivity contribution in [1.29, 1.82) is 0 Å². The molecule has 1 fully saturated rings. The maximum absolute atomic E-state index is 12.7. The van der Waals surface area contributed by atoms with Gasteiger partial charge in [0.25, 0.3) is 5.91 Å². The number of amides is 1. The largest absolute Gasteiger partial charge is 0.417 e. The molecule has 2 heterocycles. The zero-order chi connectivity index (χ0) is 17.4. The number of aromatic amines is 1. The smallest absolute Gasteiger partial charge is 0.408 e. The molecule has 0 saturated carbocycles. The van der Waals surface area contributed by atoms with Gasteiger partial charge < -0.3 is 14.2 Å². The van der Waals surface area contributed by atoms with Gasteiger partial charge in [0.15, 0.2) is 5.58 Å². The maximum atomic E-state index is 12.7. The van der Waals surface area contributed by atoms with Gasteiger partial charge in [-0.1, -0.05) is 17.7 Å². The molecule has 2 aromatic carbocycles. The first-order valence-electron chi connectivity index (χ1n) is 8.03. The predicted octanol–water partition coefficient (Wildman–Crippen LogP) is 2.74. The molecule has 0 aliphatic carbocycles. The molecule has 25 heavy (non-hydrogen) atoms. The molecule has 4 rings (SSSR count). The third-order valence-electron chi connectivity index (χ3n) is 4.41. The number of hydrogen-bond donors (Lipinski definition) is 1. The Balaban J connectivity index is 1.47. The number of oxazole rings is 1. The van der Waals surface area contributed by atoms with E-state index in [1.807, 2.05) is 29.2 Å². The lowest BCUT2D eigenvalue weighted by Gasteiger charge is -2.36. The molecule has 3 aromatic rings. The van der Waals surface area contributed by atoms with Gasteiger partial charge in [0, 0.05) is 42.5 Å². The van der Waals surface area contributed by atoms with E-state index in [2.05, 4.69) is 9.88 Å². The van der Waals surface area contributed by atoms with Crippen LogP contribution in [0.25, 0.3) is 11.1 Å². The summed E-state index contributed by atoms with van der Waals surface area (Å²) in [6.07, 6.45) is 0. The Bertz CT molecular complexity index is 986. The molecule has 1 aromatic heterocycles. The van der Waals surface area contributed by atoms with Crippen molar-refractivity contribution in [2.45, 2.75) is 0 Å². The highest BCUT2D eigenvalue weighted by atomic mass is 35.5. The number of halogens is 1. The molecule has 1 N–H and O–H groups in total. The number of carbonyl (C=O) groups excluding carboxylic acids is 1. The Kier molecular flexibility index (Phi) is 3.97. The molecular formula is C18H16ClN3O3. The summed E-state index contributed by atoms with van der Waals surface area (Å²) < 4.78 is 4.97. The molecule has 1 aliphatic rings. The lowest BCUT2D eigenvalue weighted by Crippen LogP contribution is -2.48. The summed E-state index contributed by atoms with van der Waals surface area (Å²) in [6.45, 7) is 2.75. The SMILES string of the molecule is O=C(c1ccc2oc(=O)[nH]c2c1)N1CCN(c2cccc(Cl)c2)CC1. The summed E-state index contributed by atoms with van der Waals surface area (Å²) in [5.74, 6) is -0.565. The van der Waals surface area contributed by atoms with Crippen molar-refractivity contribution in [1.82, 2.24) is 9.88 Å². The summed E-state index contributed by atoms with van der Waals surface area (Å²) in [4.78, 5) is 30.6. The van der Waals surface area contributed by atoms with Crippen LogP contribution in [0.1, 0.15) is 10.4 Å². The molecular weight excluding hydrogens is 342 g/mol. The Morgan fingerprint density at radius 2 is 1.88 bits per heavy atom. The highest BCUT2D eigenvalue weighted by molar-refractivity contribution is 6.30. The average molecular weight is 358 g/mol. The van der Waals surface area contributed by atoms with Gasteiger partial charge in [-0.3, -0.25) is 9.78 Å². The van der Waals surface area contributed by atoms with Gasteiger partial charge >= 0.3 is 5.76 Å². The van der Waals surface area contributed by atoms with Crippen LogP contribution >= 0.6 is 11.6 Å². The minimum atomic E-state index is -0.519. The van der Waals surface area contributed by atoms with E-state index in [0.29, 0.717) is 34.8 Å². The normalized spacial score (nSPS) is 14.9. The number of carbonyl (C=O) groups is 1. The monoisotopic (exact) mass is 357 g/mol. The number of benzene rings is 2. The molecule has 0 radical (unpaired) electrons. The fourth-order valence-corrected chi connectivity index (χ4v) is 3.29. The first-order valence-corrected chi connectivity index (χ1v) is 8.40. The topological polar surface area (TPSA) is 69.5 Å². The van der Waals surface area contributed by atoms with Gasteiger partial charge in [-0.25, -0.2) is 4.79 Å². The summed E-state index contributed by atoms with van der Waals surface area (Å²) in [6, 6.07) is 12.7. The third-order valence-corrected chi connectivity index (χ3v) is 4.64. The number of piperazine rings is 1. The van der Waals surface area contributed by atoms with Crippen molar-refractivity contribution >= 4 is 34.3 Å². The van der Waals surface area contributed by atoms with Crippen LogP contribution in [0.2, 0.25) is 5.02 Å². The molecule has 128 valence electrons. The summed E-state index contributed by atoms with van der Waals surface area (Å²) in [5, 5.41) is 0.707. The van der Waals surface area contributed by atoms with Crippen molar-refractivity contribution in [3.63, 3.8) is 0 Å². The summed E-state index contributed by atoms with van der Waals surface area (Å²) >= 11 is 6.05. The maximum Gasteiger partial charge on any atom is 0.417 e. The highest BCUT2D eigenvalue weighted by Crippen LogP contribution is 2.21. The Hall–Kier alpha value is -2.73. The number of H-pyrrole nitrogens is 1. The molecule has 1 saturated heterocycles. The van der Waals surface area contributed by atoms with Crippen LogP contribution in [0, 0.1) is 0 Å². The van der Waals surface area contributed by atoms with Gasteiger partial charge in [-0.2, -0.15) is 0 Å². The highest BCUT2D eigenvalue weighted by Gasteiger charge is 2.23. The van der Waals surface area contributed by atoms with Gasteiger partial charge in [0.05, 0.1) is 5.52 Å². The van der Waals surface area contributed by atoms with Crippen molar-refractivity contribution in [3.05, 3.63) is 63.6 Å². The van der Waals surface area contributed by atoms with Crippen molar-refractivity contribution < 1.29 is 9.21 Å². The fraction of sp³-hybridized carbons (Fsp3) is 0.222. The van der Waals surface area contributed by atoms with Crippen molar-refractivity contribution in [2.24, 2.45) is 0 Å². The number of nitrogens with one attached hydrogen (secondary N) is 1. The molecule has 0 atom stereocenters. The number of rotatable bonds is 2. The lowest BCUT2D eigenvalue weighted by molar-refractivity contribution is 0.0747. The predicted molar refractivity (Wildman–Crippen MR) is 96.4 cm³/mol. The minimum Gasteiger partial charge on any atom is -0.408 e. The van der Waals surface area contributed by atoms with Crippen LogP contribution in [0.5, 0.6) is 0 Å². The average Bonchev–Trinajstić information content (AvgIpc) is 3.00. The third kappa shape index (κ3) is 3.13. The molecule has 0 spiro atoms. The summed E-state index contributed by atoms with van der Waals surface area (Å²) in [5.41, 5.74) is 2.60. The van der Waals surface area contributed by atoms with E-state index in [1.165, 1.54) is 0 Å². The molecule has 6 nitrogen and oxygen atoms in total. The Morgan fingerprint density at radius 3 is 2.64 bits per heavy atom. The van der Waals surface area contributed by atoms with Crippen LogP contribution in [0.3, 0.4) is 0 Å². The van der Waals surface area contributed by atoms with Crippen LogP contribution < -0.4 is 10.7 Å². The van der Waals surface area contributed by atoms with Crippen LogP contribution in [-0.2, 0) is 0 Å². The van der Waals surface area contributed by atoms with Crippen LogP contribution in [0.15, 0.2) is 51.7 Å². The van der Waals surface area contributed by atoms with Crippen molar-refractivity contribution in [2.75, 3.05) is 31.1 Å². The van der Waals surface area contributed by atoms with E-state index in [1.54, 1.807) is 18.2 Å². The fourth-order valence-electron chi connectivity index (χ4n) is 3.11. The standard InChI is InChI=1S/C18H16ClN3O3/c19-13-2-1-3-14(11-13)21-6-8-22(9-7-21)17(23)12-4-5-16-15(10-12)20-18(24)25-16/h1-5,10-11H,6-9H2,(H,20,24). The minimum absolute atomic E-state index is 0.0466. The van der Waals surface area contributed by atoms with E-state index in [0.717, 1.165) is 18.8 Å². The summed E-state index contributed by atoms with van der Waals surface area (Å²) in [7, 11) is 0. The quantitative estimate of drug-likeness (QED) is 0.765. The zero-order valence-electron chi connectivity index (χ0n) is 13.4. The molecule has 7 heteroatoms. The second-order valence-corrected chi connectivity index (χ2v) is 6.42. The van der Waals surface area contributed by atoms with E-state index in [9.17, 15) is 9.59 Å². The van der Waals surface area contributed by atoms with Crippen molar-refractivity contribution in [3.8, 4) is 0 Å². The van der Waals surface area contributed by atoms with Gasteiger partial charge in [-0.05, 0) is 36.4 Å². The second-order valence-electron chi connectivity index (χ2n) is 5.98. The van der Waals surface area contributed by atoms with E-state index < -0.39 is 5.76 Å². The van der Waals surface area contributed by atoms with E-state index in [4.69, 9.17) is 16.0 Å². The number of hydrogen-bond acceptors (Lipinski definition) is 4. The zero-order valence-corrected chi connectivity index (χ0v) is 14.1. The van der Waals surface area contributed by atoms with E-state index >= 15 is 0 Å². The lowest BCUT2D eigenvalue weighted by atomic mass is 10.1. The number of aromatic nitrogens is 1. The van der Waals surface area contributed by atoms with Crippen LogP contribution in [0.4, 0.5) is 5.69 Å². The van der Waals surface area contributed by atoms with Gasteiger partial charge in [0.2, 0.25) is 0 Å². The molecule has 0 bridgehead atoms. The van der Waals surface area contributed by atoms with Gasteiger partial charge in [-0.15, -0.1) is 0 Å². The van der Waals surface area contributed by atoms with Gasteiger partial charge in [0.1, 0.15) is 0 Å². The van der Waals surface area contributed by atoms with E-state index in [-0.39, 0.29) is 5.91 Å². The number of nitrogens with zero attached hydrogens (tertiary/aromatic N) is 2. The first kappa shape index (κ1) is 15.8. The number of fused-ring (bicyclic) bond motifs is 1. The van der Waals surface area contributed by atoms with Crippen LogP contribution in [-0.4, -0.2) is 42.0 Å². The number of anilines is 1. The molecule has 1 amide bonds. The molecule has 1 aliphatic heterocycles. The molecule has 0 unspecified atom stereocenters. The Morgan fingerprint density at radius 1 is 1.08 bits per heavy atom. The Labute approximate surface area is 148 Å².